The Morgan fingerprint density at radius 1 is 1.39 bits per heavy atom. The number of aliphatic hydroxyl groups is 1. The van der Waals surface area contributed by atoms with Crippen LogP contribution in [0.3, 0.4) is 0 Å². The Morgan fingerprint density at radius 2 is 2.17 bits per heavy atom. The number of amides is 1. The summed E-state index contributed by atoms with van der Waals surface area (Å²) in [5.41, 5.74) is 1.50. The summed E-state index contributed by atoms with van der Waals surface area (Å²) in [6, 6.07) is 7.45. The van der Waals surface area contributed by atoms with Gasteiger partial charge in [-0.1, -0.05) is 12.1 Å². The molecule has 0 spiro atoms. The lowest BCUT2D eigenvalue weighted by Crippen LogP contribution is -2.29. The van der Waals surface area contributed by atoms with Crippen LogP contribution >= 0.6 is 0 Å². The van der Waals surface area contributed by atoms with Crippen molar-refractivity contribution in [2.45, 2.75) is 25.4 Å². The molecule has 0 aromatic heterocycles. The summed E-state index contributed by atoms with van der Waals surface area (Å²) in [4.78, 5) is 12.0. The average molecular weight is 248 g/mol. The molecule has 1 aliphatic rings. The van der Waals surface area contributed by atoms with Crippen molar-refractivity contribution < 1.29 is 9.90 Å². The molecule has 1 fully saturated rings. The summed E-state index contributed by atoms with van der Waals surface area (Å²) in [5, 5.41) is 15.4. The van der Waals surface area contributed by atoms with Gasteiger partial charge in [0, 0.05) is 19.3 Å². The van der Waals surface area contributed by atoms with E-state index in [1.165, 1.54) is 0 Å². The number of carbonyl (C=O) groups excluding carboxylic acids is 1. The van der Waals surface area contributed by atoms with Crippen molar-refractivity contribution in [3.8, 4) is 0 Å². The first-order valence-electron chi connectivity index (χ1n) is 6.43. The molecule has 1 saturated carbocycles. The normalized spacial score (nSPS) is 22.8. The van der Waals surface area contributed by atoms with Gasteiger partial charge < -0.3 is 15.7 Å². The lowest BCUT2D eigenvalue weighted by Gasteiger charge is -2.13. The fourth-order valence-corrected chi connectivity index (χ4v) is 2.47. The highest BCUT2D eigenvalue weighted by Gasteiger charge is 2.23. The molecule has 98 valence electrons. The van der Waals surface area contributed by atoms with Crippen LogP contribution in [0.2, 0.25) is 0 Å². The van der Waals surface area contributed by atoms with Crippen molar-refractivity contribution >= 4 is 11.6 Å². The number of aliphatic hydroxyl groups excluding tert-OH is 1. The van der Waals surface area contributed by atoms with E-state index in [-0.39, 0.29) is 12.0 Å². The standard InChI is InChI=1S/C14H20N2O2/c1-15-13-5-3-2-4-12(13)14(18)16-9-10-6-7-11(17)8-10/h2-5,10-11,15,17H,6-9H2,1H3,(H,16,18). The number of hydrogen-bond donors (Lipinski definition) is 3. The second kappa shape index (κ2) is 5.87. The van der Waals surface area contributed by atoms with E-state index in [1.54, 1.807) is 7.05 Å². The van der Waals surface area contributed by atoms with Gasteiger partial charge in [0.05, 0.1) is 11.7 Å². The zero-order chi connectivity index (χ0) is 13.0. The molecule has 0 bridgehead atoms. The molecular weight excluding hydrogens is 228 g/mol. The van der Waals surface area contributed by atoms with E-state index in [0.717, 1.165) is 24.9 Å². The molecule has 1 amide bonds. The molecule has 0 heterocycles. The smallest absolute Gasteiger partial charge is 0.253 e. The van der Waals surface area contributed by atoms with Crippen LogP contribution in [-0.4, -0.2) is 30.7 Å². The van der Waals surface area contributed by atoms with Crippen molar-refractivity contribution in [1.29, 1.82) is 0 Å². The molecule has 1 aromatic rings. The van der Waals surface area contributed by atoms with Crippen molar-refractivity contribution in [3.63, 3.8) is 0 Å². The van der Waals surface area contributed by atoms with Gasteiger partial charge >= 0.3 is 0 Å². The summed E-state index contributed by atoms with van der Waals surface area (Å²) in [5.74, 6) is 0.354. The van der Waals surface area contributed by atoms with Gasteiger partial charge in [0.25, 0.3) is 5.91 Å². The highest BCUT2D eigenvalue weighted by Crippen LogP contribution is 2.24. The molecule has 2 unspecified atom stereocenters. The summed E-state index contributed by atoms with van der Waals surface area (Å²) in [6.07, 6.45) is 2.47. The highest BCUT2D eigenvalue weighted by molar-refractivity contribution is 5.99. The van der Waals surface area contributed by atoms with Crippen LogP contribution < -0.4 is 10.6 Å². The van der Waals surface area contributed by atoms with Gasteiger partial charge in [0.1, 0.15) is 0 Å². The molecular formula is C14H20N2O2. The Bertz CT molecular complexity index is 420. The fraction of sp³-hybridized carbons (Fsp3) is 0.500. The number of hydrogen-bond acceptors (Lipinski definition) is 3. The van der Waals surface area contributed by atoms with E-state index in [4.69, 9.17) is 0 Å². The predicted octanol–water partition coefficient (Wildman–Crippen LogP) is 1.62. The minimum absolute atomic E-state index is 0.0543. The summed E-state index contributed by atoms with van der Waals surface area (Å²) < 4.78 is 0. The number of para-hydroxylation sites is 1. The van der Waals surface area contributed by atoms with Crippen LogP contribution in [0.15, 0.2) is 24.3 Å². The SMILES string of the molecule is CNc1ccccc1C(=O)NCC1CCC(O)C1. The number of nitrogens with one attached hydrogen (secondary N) is 2. The van der Waals surface area contributed by atoms with Gasteiger partial charge in [-0.2, -0.15) is 0 Å². The molecule has 0 saturated heterocycles. The zero-order valence-electron chi connectivity index (χ0n) is 10.6. The molecule has 3 N–H and O–H groups in total. The second-order valence-electron chi connectivity index (χ2n) is 4.84. The largest absolute Gasteiger partial charge is 0.393 e. The zero-order valence-corrected chi connectivity index (χ0v) is 10.6. The van der Waals surface area contributed by atoms with Gasteiger partial charge in [-0.05, 0) is 37.3 Å². The van der Waals surface area contributed by atoms with Gasteiger partial charge in [-0.15, -0.1) is 0 Å². The van der Waals surface area contributed by atoms with E-state index in [9.17, 15) is 9.90 Å². The Balaban J connectivity index is 1.91. The van der Waals surface area contributed by atoms with Crippen LogP contribution in [0, 0.1) is 5.92 Å². The Morgan fingerprint density at radius 3 is 2.83 bits per heavy atom. The van der Waals surface area contributed by atoms with Crippen molar-refractivity contribution in [2.24, 2.45) is 5.92 Å². The average Bonchev–Trinajstić information content (AvgIpc) is 2.81. The maximum atomic E-state index is 12.0. The third-order valence-electron chi connectivity index (χ3n) is 3.51. The third kappa shape index (κ3) is 3.01. The van der Waals surface area contributed by atoms with E-state index >= 15 is 0 Å². The summed E-state index contributed by atoms with van der Waals surface area (Å²) in [7, 11) is 1.81. The number of benzene rings is 1. The van der Waals surface area contributed by atoms with Crippen LogP contribution in [0.4, 0.5) is 5.69 Å². The van der Waals surface area contributed by atoms with Gasteiger partial charge in [0.2, 0.25) is 0 Å². The maximum absolute atomic E-state index is 12.0. The van der Waals surface area contributed by atoms with Crippen molar-refractivity contribution in [1.82, 2.24) is 5.32 Å². The van der Waals surface area contributed by atoms with Crippen LogP contribution in [0.1, 0.15) is 29.6 Å². The van der Waals surface area contributed by atoms with Crippen molar-refractivity contribution in [2.75, 3.05) is 18.9 Å². The Labute approximate surface area is 107 Å². The Hall–Kier alpha value is -1.55. The highest BCUT2D eigenvalue weighted by atomic mass is 16.3. The summed E-state index contributed by atoms with van der Waals surface area (Å²) in [6.45, 7) is 0.647. The minimum Gasteiger partial charge on any atom is -0.393 e. The molecule has 2 rings (SSSR count). The topological polar surface area (TPSA) is 61.4 Å². The molecule has 4 nitrogen and oxygen atoms in total. The molecule has 18 heavy (non-hydrogen) atoms. The first-order valence-corrected chi connectivity index (χ1v) is 6.43. The first-order chi connectivity index (χ1) is 8.70. The van der Waals surface area contributed by atoms with Crippen LogP contribution in [0.25, 0.3) is 0 Å². The summed E-state index contributed by atoms with van der Waals surface area (Å²) >= 11 is 0. The lowest BCUT2D eigenvalue weighted by molar-refractivity contribution is 0.0946. The predicted molar refractivity (Wildman–Crippen MR) is 71.7 cm³/mol. The van der Waals surface area contributed by atoms with Gasteiger partial charge in [-0.3, -0.25) is 4.79 Å². The van der Waals surface area contributed by atoms with Crippen molar-refractivity contribution in [3.05, 3.63) is 29.8 Å². The molecule has 2 atom stereocenters. The fourth-order valence-electron chi connectivity index (χ4n) is 2.47. The second-order valence-corrected chi connectivity index (χ2v) is 4.84. The monoisotopic (exact) mass is 248 g/mol. The van der Waals surface area contributed by atoms with Gasteiger partial charge in [0.15, 0.2) is 0 Å². The molecule has 4 heteroatoms. The van der Waals surface area contributed by atoms with E-state index in [1.807, 2.05) is 24.3 Å². The Kier molecular flexibility index (Phi) is 4.20. The molecule has 0 radical (unpaired) electrons. The van der Waals surface area contributed by atoms with Gasteiger partial charge in [-0.25, -0.2) is 0 Å². The van der Waals surface area contributed by atoms with E-state index < -0.39 is 0 Å². The van der Waals surface area contributed by atoms with E-state index in [2.05, 4.69) is 10.6 Å². The quantitative estimate of drug-likeness (QED) is 0.758. The molecule has 0 aliphatic heterocycles. The molecule has 1 aliphatic carbocycles. The minimum atomic E-state index is -0.184. The number of anilines is 1. The van der Waals surface area contributed by atoms with Crippen LogP contribution in [0.5, 0.6) is 0 Å². The first kappa shape index (κ1) is 12.9. The number of carbonyl (C=O) groups is 1. The molecule has 1 aromatic carbocycles. The third-order valence-corrected chi connectivity index (χ3v) is 3.51. The number of rotatable bonds is 4. The van der Waals surface area contributed by atoms with Crippen LogP contribution in [-0.2, 0) is 0 Å². The van der Waals surface area contributed by atoms with E-state index in [0.29, 0.717) is 18.0 Å². The lowest BCUT2D eigenvalue weighted by atomic mass is 10.1. The maximum Gasteiger partial charge on any atom is 0.253 e.